The maximum absolute atomic E-state index is 11.1. The molecule has 0 saturated heterocycles. The molecular weight excluding hydrogens is 212 g/mol. The molecule has 3 heteroatoms. The molecule has 17 heavy (non-hydrogen) atoms. The molecule has 0 aliphatic heterocycles. The van der Waals surface area contributed by atoms with E-state index in [0.29, 0.717) is 11.6 Å². The standard InChI is InChI=1S/C14H20N2O/c1-10-9-11(14(15)17)7-8-13(10)16(2)12-5-3-4-6-12/h7-9,12H,3-6H2,1-2H3,(H2,15,17). The molecule has 1 aromatic carbocycles. The van der Waals surface area contributed by atoms with Crippen LogP contribution in [0.1, 0.15) is 41.6 Å². The fourth-order valence-corrected chi connectivity index (χ4v) is 2.69. The number of anilines is 1. The number of benzene rings is 1. The van der Waals surface area contributed by atoms with Gasteiger partial charge < -0.3 is 10.6 Å². The Hall–Kier alpha value is -1.51. The van der Waals surface area contributed by atoms with Crippen LogP contribution in [0.25, 0.3) is 0 Å². The van der Waals surface area contributed by atoms with E-state index < -0.39 is 0 Å². The first-order chi connectivity index (χ1) is 8.09. The molecule has 0 unspecified atom stereocenters. The molecule has 1 amide bonds. The van der Waals surface area contributed by atoms with E-state index in [4.69, 9.17) is 5.73 Å². The molecule has 0 atom stereocenters. The number of nitrogens with two attached hydrogens (primary N) is 1. The predicted molar refractivity (Wildman–Crippen MR) is 70.4 cm³/mol. The van der Waals surface area contributed by atoms with Gasteiger partial charge in [0.2, 0.25) is 5.91 Å². The Morgan fingerprint density at radius 3 is 2.53 bits per heavy atom. The smallest absolute Gasteiger partial charge is 0.248 e. The summed E-state index contributed by atoms with van der Waals surface area (Å²) >= 11 is 0. The van der Waals surface area contributed by atoms with Crippen molar-refractivity contribution >= 4 is 11.6 Å². The molecule has 1 aliphatic carbocycles. The first-order valence-corrected chi connectivity index (χ1v) is 6.23. The lowest BCUT2D eigenvalue weighted by molar-refractivity contribution is 0.1000. The molecule has 1 saturated carbocycles. The number of nitrogens with zero attached hydrogens (tertiary/aromatic N) is 1. The highest BCUT2D eigenvalue weighted by molar-refractivity contribution is 5.93. The quantitative estimate of drug-likeness (QED) is 0.870. The van der Waals surface area contributed by atoms with Gasteiger partial charge in [-0.05, 0) is 43.5 Å². The topological polar surface area (TPSA) is 46.3 Å². The van der Waals surface area contributed by atoms with Gasteiger partial charge in [-0.1, -0.05) is 12.8 Å². The first kappa shape index (κ1) is 12.0. The van der Waals surface area contributed by atoms with Crippen molar-refractivity contribution in [1.29, 1.82) is 0 Å². The van der Waals surface area contributed by atoms with E-state index in [0.717, 1.165) is 5.56 Å². The average molecular weight is 232 g/mol. The molecule has 1 aromatic rings. The highest BCUT2D eigenvalue weighted by Gasteiger charge is 2.20. The van der Waals surface area contributed by atoms with E-state index in [1.54, 1.807) is 0 Å². The molecule has 0 radical (unpaired) electrons. The molecule has 1 fully saturated rings. The Balaban J connectivity index is 2.23. The van der Waals surface area contributed by atoms with Crippen LogP contribution in [-0.4, -0.2) is 19.0 Å². The van der Waals surface area contributed by atoms with Crippen molar-refractivity contribution in [2.75, 3.05) is 11.9 Å². The van der Waals surface area contributed by atoms with E-state index >= 15 is 0 Å². The first-order valence-electron chi connectivity index (χ1n) is 6.23. The number of rotatable bonds is 3. The van der Waals surface area contributed by atoms with Gasteiger partial charge in [0.1, 0.15) is 0 Å². The second kappa shape index (κ2) is 4.78. The van der Waals surface area contributed by atoms with Crippen LogP contribution in [-0.2, 0) is 0 Å². The zero-order valence-corrected chi connectivity index (χ0v) is 10.6. The summed E-state index contributed by atoms with van der Waals surface area (Å²) in [7, 11) is 2.14. The van der Waals surface area contributed by atoms with Gasteiger partial charge >= 0.3 is 0 Å². The summed E-state index contributed by atoms with van der Waals surface area (Å²) in [5.41, 5.74) is 8.20. The molecule has 0 heterocycles. The van der Waals surface area contributed by atoms with E-state index in [1.165, 1.54) is 31.4 Å². The predicted octanol–water partition coefficient (Wildman–Crippen LogP) is 2.47. The maximum atomic E-state index is 11.1. The van der Waals surface area contributed by atoms with Crippen LogP contribution in [0.15, 0.2) is 18.2 Å². The molecular formula is C14H20N2O. The van der Waals surface area contributed by atoms with Crippen LogP contribution >= 0.6 is 0 Å². The number of aryl methyl sites for hydroxylation is 1. The summed E-state index contributed by atoms with van der Waals surface area (Å²) in [5, 5.41) is 0. The summed E-state index contributed by atoms with van der Waals surface area (Å²) in [4.78, 5) is 13.4. The Bertz CT molecular complexity index is 422. The highest BCUT2D eigenvalue weighted by Crippen LogP contribution is 2.29. The Morgan fingerprint density at radius 2 is 2.00 bits per heavy atom. The molecule has 2 N–H and O–H groups in total. The molecule has 0 bridgehead atoms. The molecule has 2 rings (SSSR count). The lowest BCUT2D eigenvalue weighted by atomic mass is 10.1. The van der Waals surface area contributed by atoms with Crippen molar-refractivity contribution in [2.45, 2.75) is 38.6 Å². The fraction of sp³-hybridized carbons (Fsp3) is 0.500. The fourth-order valence-electron chi connectivity index (χ4n) is 2.69. The third-order valence-corrected chi connectivity index (χ3v) is 3.73. The number of primary amides is 1. The van der Waals surface area contributed by atoms with Crippen molar-refractivity contribution < 1.29 is 4.79 Å². The van der Waals surface area contributed by atoms with Gasteiger partial charge in [0, 0.05) is 24.3 Å². The second-order valence-corrected chi connectivity index (χ2v) is 4.91. The monoisotopic (exact) mass is 232 g/mol. The zero-order chi connectivity index (χ0) is 12.4. The number of carbonyl (C=O) groups excluding carboxylic acids is 1. The number of hydrogen-bond donors (Lipinski definition) is 1. The summed E-state index contributed by atoms with van der Waals surface area (Å²) in [5.74, 6) is -0.358. The van der Waals surface area contributed by atoms with Crippen molar-refractivity contribution in [3.63, 3.8) is 0 Å². The Kier molecular flexibility index (Phi) is 3.36. The lowest BCUT2D eigenvalue weighted by Gasteiger charge is -2.28. The summed E-state index contributed by atoms with van der Waals surface area (Å²) < 4.78 is 0. The van der Waals surface area contributed by atoms with E-state index in [-0.39, 0.29) is 5.91 Å². The van der Waals surface area contributed by atoms with Gasteiger partial charge in [-0.15, -0.1) is 0 Å². The van der Waals surface area contributed by atoms with Crippen molar-refractivity contribution in [3.8, 4) is 0 Å². The van der Waals surface area contributed by atoms with Crippen LogP contribution in [0.3, 0.4) is 0 Å². The van der Waals surface area contributed by atoms with E-state index in [2.05, 4.69) is 11.9 Å². The van der Waals surface area contributed by atoms with E-state index in [9.17, 15) is 4.79 Å². The second-order valence-electron chi connectivity index (χ2n) is 4.91. The van der Waals surface area contributed by atoms with Crippen LogP contribution in [0, 0.1) is 6.92 Å². The van der Waals surface area contributed by atoms with Crippen LogP contribution in [0.4, 0.5) is 5.69 Å². The van der Waals surface area contributed by atoms with Gasteiger partial charge in [-0.2, -0.15) is 0 Å². The van der Waals surface area contributed by atoms with Gasteiger partial charge in [0.25, 0.3) is 0 Å². The normalized spacial score (nSPS) is 16.1. The van der Waals surface area contributed by atoms with E-state index in [1.807, 2.05) is 25.1 Å². The van der Waals surface area contributed by atoms with Gasteiger partial charge in [-0.3, -0.25) is 4.79 Å². The lowest BCUT2D eigenvalue weighted by Crippen LogP contribution is -2.29. The Labute approximate surface area is 103 Å². The maximum Gasteiger partial charge on any atom is 0.248 e. The minimum absolute atomic E-state index is 0.358. The minimum Gasteiger partial charge on any atom is -0.371 e. The molecule has 0 spiro atoms. The van der Waals surface area contributed by atoms with Crippen molar-refractivity contribution in [2.24, 2.45) is 5.73 Å². The van der Waals surface area contributed by atoms with Gasteiger partial charge in [0.05, 0.1) is 0 Å². The summed E-state index contributed by atoms with van der Waals surface area (Å²) in [6, 6.07) is 6.35. The zero-order valence-electron chi connectivity index (χ0n) is 10.6. The summed E-state index contributed by atoms with van der Waals surface area (Å²) in [6.07, 6.45) is 5.20. The SMILES string of the molecule is Cc1cc(C(N)=O)ccc1N(C)C1CCCC1. The third kappa shape index (κ3) is 2.43. The van der Waals surface area contributed by atoms with Gasteiger partial charge in [-0.25, -0.2) is 0 Å². The van der Waals surface area contributed by atoms with Crippen LogP contribution in [0.5, 0.6) is 0 Å². The molecule has 92 valence electrons. The summed E-state index contributed by atoms with van der Waals surface area (Å²) in [6.45, 7) is 2.03. The number of carbonyl (C=O) groups is 1. The molecule has 3 nitrogen and oxygen atoms in total. The van der Waals surface area contributed by atoms with Crippen LogP contribution in [0.2, 0.25) is 0 Å². The van der Waals surface area contributed by atoms with Crippen molar-refractivity contribution in [1.82, 2.24) is 0 Å². The van der Waals surface area contributed by atoms with Crippen LogP contribution < -0.4 is 10.6 Å². The Morgan fingerprint density at radius 1 is 1.35 bits per heavy atom. The average Bonchev–Trinajstić information content (AvgIpc) is 2.81. The molecule has 1 aliphatic rings. The molecule has 0 aromatic heterocycles. The largest absolute Gasteiger partial charge is 0.371 e. The highest BCUT2D eigenvalue weighted by atomic mass is 16.1. The number of hydrogen-bond acceptors (Lipinski definition) is 2. The third-order valence-electron chi connectivity index (χ3n) is 3.73. The van der Waals surface area contributed by atoms with Crippen molar-refractivity contribution in [3.05, 3.63) is 29.3 Å². The van der Waals surface area contributed by atoms with Gasteiger partial charge in [0.15, 0.2) is 0 Å². The number of amides is 1. The minimum atomic E-state index is -0.358.